The van der Waals surface area contributed by atoms with Crippen LogP contribution in [0.25, 0.3) is 5.69 Å². The fourth-order valence-electron chi connectivity index (χ4n) is 1.63. The number of aromatic nitrogens is 3. The second-order valence-electron chi connectivity index (χ2n) is 4.52. The minimum absolute atomic E-state index is 0.0399. The van der Waals surface area contributed by atoms with Gasteiger partial charge in [0.25, 0.3) is 0 Å². The van der Waals surface area contributed by atoms with E-state index < -0.39 is 0 Å². The van der Waals surface area contributed by atoms with Crippen LogP contribution in [0.5, 0.6) is 0 Å². The van der Waals surface area contributed by atoms with E-state index in [9.17, 15) is 4.79 Å². The predicted octanol–water partition coefficient (Wildman–Crippen LogP) is 3.72. The lowest BCUT2D eigenvalue weighted by molar-refractivity contribution is 0.0933. The summed E-state index contributed by atoms with van der Waals surface area (Å²) in [6.07, 6.45) is 0. The molecular formula is C13H13Cl2N3O. The average molecular weight is 298 g/mol. The van der Waals surface area contributed by atoms with Crippen LogP contribution in [0.4, 0.5) is 0 Å². The monoisotopic (exact) mass is 297 g/mol. The van der Waals surface area contributed by atoms with Crippen LogP contribution in [0.1, 0.15) is 30.0 Å². The molecule has 100 valence electrons. The number of ketones is 1. The van der Waals surface area contributed by atoms with Crippen molar-refractivity contribution in [3.8, 4) is 5.69 Å². The molecule has 2 rings (SSSR count). The zero-order valence-electron chi connectivity index (χ0n) is 10.8. The van der Waals surface area contributed by atoms with Crippen LogP contribution < -0.4 is 0 Å². The van der Waals surface area contributed by atoms with Crippen LogP contribution in [-0.2, 0) is 0 Å². The third-order valence-corrected chi connectivity index (χ3v) is 3.50. The van der Waals surface area contributed by atoms with Crippen LogP contribution >= 0.6 is 23.2 Å². The second kappa shape index (κ2) is 5.31. The van der Waals surface area contributed by atoms with Crippen molar-refractivity contribution >= 4 is 29.0 Å². The van der Waals surface area contributed by atoms with Gasteiger partial charge in [0.1, 0.15) is 5.69 Å². The van der Waals surface area contributed by atoms with E-state index in [2.05, 4.69) is 10.2 Å². The van der Waals surface area contributed by atoms with Crippen LogP contribution in [0.3, 0.4) is 0 Å². The average Bonchev–Trinajstić information content (AvgIpc) is 2.73. The molecule has 0 aliphatic heterocycles. The molecule has 19 heavy (non-hydrogen) atoms. The lowest BCUT2D eigenvalue weighted by Crippen LogP contribution is -2.10. The normalized spacial score (nSPS) is 11.1. The summed E-state index contributed by atoms with van der Waals surface area (Å²) in [6.45, 7) is 5.40. The first-order valence-electron chi connectivity index (χ1n) is 5.84. The first kappa shape index (κ1) is 14.0. The number of benzene rings is 1. The quantitative estimate of drug-likeness (QED) is 0.811. The molecule has 1 aromatic carbocycles. The maximum atomic E-state index is 12.0. The summed E-state index contributed by atoms with van der Waals surface area (Å²) < 4.78 is 0. The molecule has 0 saturated heterocycles. The van der Waals surface area contributed by atoms with E-state index >= 15 is 0 Å². The van der Waals surface area contributed by atoms with E-state index in [4.69, 9.17) is 23.2 Å². The summed E-state index contributed by atoms with van der Waals surface area (Å²) >= 11 is 12.1. The number of carbonyl (C=O) groups is 1. The Labute approximate surface area is 121 Å². The van der Waals surface area contributed by atoms with Crippen molar-refractivity contribution in [2.45, 2.75) is 20.8 Å². The number of Topliss-reactive ketones (excluding diaryl/α,β-unsaturated/α-hetero) is 1. The van der Waals surface area contributed by atoms with Crippen molar-refractivity contribution < 1.29 is 4.79 Å². The van der Waals surface area contributed by atoms with Crippen molar-refractivity contribution in [3.63, 3.8) is 0 Å². The number of carbonyl (C=O) groups excluding carboxylic acids is 1. The summed E-state index contributed by atoms with van der Waals surface area (Å²) in [4.78, 5) is 13.3. The lowest BCUT2D eigenvalue weighted by Gasteiger charge is -2.03. The van der Waals surface area contributed by atoms with Gasteiger partial charge in [0.15, 0.2) is 11.5 Å². The highest BCUT2D eigenvalue weighted by molar-refractivity contribution is 6.43. The molecule has 0 amide bonds. The Kier molecular flexibility index (Phi) is 3.92. The van der Waals surface area contributed by atoms with E-state index in [-0.39, 0.29) is 11.7 Å². The highest BCUT2D eigenvalue weighted by atomic mass is 35.5. The Balaban J connectivity index is 2.51. The number of hydrogen-bond donors (Lipinski definition) is 0. The molecule has 0 unspecified atom stereocenters. The van der Waals surface area contributed by atoms with Gasteiger partial charge in [-0.25, -0.2) is 0 Å². The van der Waals surface area contributed by atoms with E-state index in [1.165, 1.54) is 4.80 Å². The molecule has 0 bridgehead atoms. The van der Waals surface area contributed by atoms with Gasteiger partial charge in [-0.3, -0.25) is 4.79 Å². The molecule has 0 aliphatic rings. The van der Waals surface area contributed by atoms with Gasteiger partial charge in [-0.1, -0.05) is 43.1 Å². The summed E-state index contributed by atoms with van der Waals surface area (Å²) in [7, 11) is 0. The summed E-state index contributed by atoms with van der Waals surface area (Å²) in [5.74, 6) is -0.166. The first-order chi connectivity index (χ1) is 8.91. The molecule has 0 fully saturated rings. The summed E-state index contributed by atoms with van der Waals surface area (Å²) in [6, 6.07) is 5.19. The van der Waals surface area contributed by atoms with Gasteiger partial charge >= 0.3 is 0 Å². The standard InChI is InChI=1S/C13H13Cl2N3O/c1-7(2)13(19)12-8(3)16-18(17-12)10-6-4-5-9(14)11(10)15/h4-7H,1-3H3. The number of aryl methyl sites for hydroxylation is 1. The smallest absolute Gasteiger partial charge is 0.187 e. The zero-order chi connectivity index (χ0) is 14.2. The third kappa shape index (κ3) is 2.65. The van der Waals surface area contributed by atoms with Gasteiger partial charge in [0.05, 0.1) is 15.7 Å². The Hall–Kier alpha value is -1.39. The highest BCUT2D eigenvalue weighted by Crippen LogP contribution is 2.27. The van der Waals surface area contributed by atoms with Crippen molar-refractivity contribution in [3.05, 3.63) is 39.6 Å². The first-order valence-corrected chi connectivity index (χ1v) is 6.60. The summed E-state index contributed by atoms with van der Waals surface area (Å²) in [5.41, 5.74) is 1.50. The van der Waals surface area contributed by atoms with Crippen molar-refractivity contribution in [2.75, 3.05) is 0 Å². The molecule has 4 nitrogen and oxygen atoms in total. The molecule has 0 radical (unpaired) electrons. The van der Waals surface area contributed by atoms with E-state index in [1.54, 1.807) is 25.1 Å². The van der Waals surface area contributed by atoms with Gasteiger partial charge in [0, 0.05) is 5.92 Å². The van der Waals surface area contributed by atoms with Crippen LogP contribution in [0, 0.1) is 12.8 Å². The molecule has 0 saturated carbocycles. The largest absolute Gasteiger partial charge is 0.292 e. The minimum Gasteiger partial charge on any atom is -0.292 e. The van der Waals surface area contributed by atoms with Gasteiger partial charge in [-0.2, -0.15) is 5.10 Å². The zero-order valence-corrected chi connectivity index (χ0v) is 12.3. The minimum atomic E-state index is -0.126. The predicted molar refractivity (Wildman–Crippen MR) is 75.3 cm³/mol. The molecule has 1 aromatic heterocycles. The number of nitrogens with zero attached hydrogens (tertiary/aromatic N) is 3. The Bertz CT molecular complexity index is 635. The van der Waals surface area contributed by atoms with Crippen LogP contribution in [-0.4, -0.2) is 20.8 Å². The molecule has 1 heterocycles. The topological polar surface area (TPSA) is 47.8 Å². The van der Waals surface area contributed by atoms with Gasteiger partial charge in [0.2, 0.25) is 0 Å². The molecular weight excluding hydrogens is 285 g/mol. The highest BCUT2D eigenvalue weighted by Gasteiger charge is 2.20. The fraction of sp³-hybridized carbons (Fsp3) is 0.308. The lowest BCUT2D eigenvalue weighted by atomic mass is 10.1. The van der Waals surface area contributed by atoms with Crippen molar-refractivity contribution in [2.24, 2.45) is 5.92 Å². The number of hydrogen-bond acceptors (Lipinski definition) is 3. The van der Waals surface area contributed by atoms with Crippen molar-refractivity contribution in [1.29, 1.82) is 0 Å². The maximum Gasteiger partial charge on any atom is 0.187 e. The second-order valence-corrected chi connectivity index (χ2v) is 5.30. The molecule has 2 aromatic rings. The van der Waals surface area contributed by atoms with E-state index in [0.717, 1.165) is 0 Å². The Morgan fingerprint density at radius 2 is 1.95 bits per heavy atom. The Morgan fingerprint density at radius 3 is 2.58 bits per heavy atom. The van der Waals surface area contributed by atoms with Crippen LogP contribution in [0.15, 0.2) is 18.2 Å². The van der Waals surface area contributed by atoms with Crippen molar-refractivity contribution in [1.82, 2.24) is 15.0 Å². The SMILES string of the molecule is Cc1nn(-c2cccc(Cl)c2Cl)nc1C(=O)C(C)C. The molecule has 6 heteroatoms. The third-order valence-electron chi connectivity index (χ3n) is 2.69. The molecule has 0 N–H and O–H groups in total. The summed E-state index contributed by atoms with van der Waals surface area (Å²) in [5, 5.41) is 9.23. The number of rotatable bonds is 3. The number of halogens is 2. The van der Waals surface area contributed by atoms with E-state index in [1.807, 2.05) is 13.8 Å². The maximum absolute atomic E-state index is 12.0. The molecule has 0 aliphatic carbocycles. The van der Waals surface area contributed by atoms with Gasteiger partial charge < -0.3 is 0 Å². The van der Waals surface area contributed by atoms with Crippen LogP contribution in [0.2, 0.25) is 10.0 Å². The molecule has 0 spiro atoms. The van der Waals surface area contributed by atoms with Gasteiger partial charge in [-0.05, 0) is 19.1 Å². The van der Waals surface area contributed by atoms with Gasteiger partial charge in [-0.15, -0.1) is 9.90 Å². The Morgan fingerprint density at radius 1 is 1.26 bits per heavy atom. The fourth-order valence-corrected chi connectivity index (χ4v) is 2.01. The van der Waals surface area contributed by atoms with E-state index in [0.29, 0.717) is 27.1 Å². The molecule has 0 atom stereocenters.